The molecule has 0 spiro atoms. The average molecular weight is 130 g/mol. The molecule has 0 atom stereocenters. The Morgan fingerprint density at radius 2 is 1.86 bits per heavy atom. The number of aliphatic hydroxyl groups excluding tert-OH is 1. The Bertz CT molecular complexity index is 48.2. The third-order valence-corrected chi connectivity index (χ3v) is 0.244. The van der Waals surface area contributed by atoms with Gasteiger partial charge in [0.25, 0.3) is 0 Å². The zero-order valence-electron chi connectivity index (χ0n) is 3.65. The maximum atomic E-state index is 9.33. The molecule has 0 heterocycles. The van der Waals surface area contributed by atoms with Crippen LogP contribution in [0.3, 0.4) is 0 Å². The first-order valence-electron chi connectivity index (χ1n) is 1.06. The van der Waals surface area contributed by atoms with Gasteiger partial charge in [0.1, 0.15) is 6.61 Å². The third-order valence-electron chi connectivity index (χ3n) is 0.124. The van der Waals surface area contributed by atoms with Gasteiger partial charge in [-0.2, -0.15) is 0 Å². The normalized spacial score (nSPS) is 5.43. The van der Waals surface area contributed by atoms with Gasteiger partial charge >= 0.3 is 0 Å². The van der Waals surface area contributed by atoms with E-state index in [0.717, 1.165) is 0 Å². The monoisotopic (exact) mass is 129 g/mol. The number of hydrogen-bond donors (Lipinski definition) is 2. The second-order valence-corrected chi connectivity index (χ2v) is 0.935. The lowest BCUT2D eigenvalue weighted by Gasteiger charge is -1.68. The third kappa shape index (κ3) is 25.4. The Morgan fingerprint density at radius 1 is 1.71 bits per heavy atom. The second kappa shape index (κ2) is 9.28. The Hall–Kier alpha value is -0.160. The minimum atomic E-state index is -0.718. The first-order valence-corrected chi connectivity index (χ1v) is 1.44. The molecule has 0 saturated heterocycles. The summed E-state index contributed by atoms with van der Waals surface area (Å²) in [6, 6.07) is 0. The molecule has 0 fully saturated rings. The van der Waals surface area contributed by atoms with Crippen LogP contribution in [0.15, 0.2) is 0 Å². The molecule has 4 nitrogen and oxygen atoms in total. The van der Waals surface area contributed by atoms with Crippen molar-refractivity contribution in [3.8, 4) is 0 Å². The van der Waals surface area contributed by atoms with Crippen molar-refractivity contribution in [2.75, 3.05) is 6.61 Å². The highest BCUT2D eigenvalue weighted by Gasteiger charge is 1.82. The fourth-order valence-corrected chi connectivity index (χ4v) is 0. The molecule has 46 valence electrons. The van der Waals surface area contributed by atoms with Crippen molar-refractivity contribution < 1.29 is 15.4 Å². The van der Waals surface area contributed by atoms with E-state index in [9.17, 15) is 4.79 Å². The van der Waals surface area contributed by atoms with Crippen LogP contribution in [0.4, 0.5) is 0 Å². The van der Waals surface area contributed by atoms with Gasteiger partial charge in [-0.25, -0.2) is 0 Å². The van der Waals surface area contributed by atoms with Crippen molar-refractivity contribution in [1.82, 2.24) is 6.15 Å². The molecule has 0 rings (SSSR count). The Morgan fingerprint density at radius 3 is 1.86 bits per heavy atom. The van der Waals surface area contributed by atoms with Crippen LogP contribution in [0.2, 0.25) is 0 Å². The summed E-state index contributed by atoms with van der Waals surface area (Å²) >= 11 is 4.57. The molecule has 0 aliphatic heterocycles. The molecule has 0 amide bonds. The topological polar surface area (TPSA) is 104 Å². The summed E-state index contributed by atoms with van der Waals surface area (Å²) < 4.78 is 0. The number of aliphatic hydroxyl groups is 1. The summed E-state index contributed by atoms with van der Waals surface area (Å²) in [4.78, 5) is 9.33. The zero-order valence-corrected chi connectivity index (χ0v) is 4.40. The summed E-state index contributed by atoms with van der Waals surface area (Å²) in [7, 11) is 0. The van der Waals surface area contributed by atoms with Crippen LogP contribution in [-0.4, -0.2) is 22.4 Å². The molecule has 0 aliphatic rings. The lowest BCUT2D eigenvalue weighted by atomic mass is 10.8. The molecule has 0 aliphatic carbocycles. The van der Waals surface area contributed by atoms with Crippen molar-refractivity contribution in [2.45, 2.75) is 0 Å². The number of rotatable bonds is 1. The molecule has 0 aromatic carbocycles. The molecular weight excluding hydrogens is 121 g/mol. The number of carbonyl (C=O) groups is 1. The van der Waals surface area contributed by atoms with E-state index < -0.39 is 11.8 Å². The van der Waals surface area contributed by atoms with Crippen molar-refractivity contribution >= 4 is 16.8 Å². The highest BCUT2D eigenvalue weighted by Crippen LogP contribution is 1.70. The summed E-state index contributed by atoms with van der Waals surface area (Å²) in [5, 5.41) is 6.94. The van der Waals surface area contributed by atoms with Gasteiger partial charge in [-0.3, -0.25) is 4.79 Å². The van der Waals surface area contributed by atoms with Crippen LogP contribution in [0.5, 0.6) is 0 Å². The van der Waals surface area contributed by atoms with Crippen molar-refractivity contribution in [3.63, 3.8) is 0 Å². The Balaban J connectivity index is -0.0000000800. The summed E-state index contributed by atoms with van der Waals surface area (Å²) in [6.45, 7) is -0.568. The average Bonchev–Trinajstić information content (AvgIpc) is 1.38. The fourth-order valence-electron chi connectivity index (χ4n) is 0. The fraction of sp³-hybridized carbons (Fsp3) is 0.500. The van der Waals surface area contributed by atoms with Gasteiger partial charge in [0.15, 0.2) is 0 Å². The quantitative estimate of drug-likeness (QED) is 0.448. The SMILES string of the molecule is N.O.O=C(Cl)CO. The van der Waals surface area contributed by atoms with Crippen molar-refractivity contribution in [3.05, 3.63) is 0 Å². The van der Waals surface area contributed by atoms with E-state index in [1.165, 1.54) is 0 Å². The molecule has 0 saturated carbocycles. The smallest absolute Gasteiger partial charge is 0.247 e. The highest BCUT2D eigenvalue weighted by molar-refractivity contribution is 6.63. The van der Waals surface area contributed by atoms with Gasteiger partial charge < -0.3 is 16.7 Å². The van der Waals surface area contributed by atoms with Crippen LogP contribution < -0.4 is 6.15 Å². The molecular formula is C2H8ClNO3. The van der Waals surface area contributed by atoms with Gasteiger partial charge in [0.05, 0.1) is 0 Å². The first kappa shape index (κ1) is 15.8. The second-order valence-electron chi connectivity index (χ2n) is 0.513. The Kier molecular flexibility index (Phi) is 21.0. The van der Waals surface area contributed by atoms with E-state index in [4.69, 9.17) is 5.11 Å². The highest BCUT2D eigenvalue weighted by atomic mass is 35.5. The van der Waals surface area contributed by atoms with Gasteiger partial charge in [-0.1, -0.05) is 0 Å². The minimum absolute atomic E-state index is 0. The molecule has 0 unspecified atom stereocenters. The summed E-state index contributed by atoms with van der Waals surface area (Å²) in [5.41, 5.74) is 0. The zero-order chi connectivity index (χ0) is 4.28. The van der Waals surface area contributed by atoms with Crippen LogP contribution in [0, 0.1) is 0 Å². The predicted molar refractivity (Wildman–Crippen MR) is 26.6 cm³/mol. The maximum Gasteiger partial charge on any atom is 0.247 e. The van der Waals surface area contributed by atoms with E-state index in [-0.39, 0.29) is 11.6 Å². The van der Waals surface area contributed by atoms with E-state index in [1.807, 2.05) is 0 Å². The van der Waals surface area contributed by atoms with Crippen molar-refractivity contribution in [1.29, 1.82) is 0 Å². The molecule has 0 bridgehead atoms. The van der Waals surface area contributed by atoms with Gasteiger partial charge in [0.2, 0.25) is 5.24 Å². The number of hydrogen-bond acceptors (Lipinski definition) is 3. The summed E-state index contributed by atoms with van der Waals surface area (Å²) in [5.74, 6) is 0. The van der Waals surface area contributed by atoms with Crippen LogP contribution in [0.1, 0.15) is 0 Å². The molecule has 7 heavy (non-hydrogen) atoms. The van der Waals surface area contributed by atoms with Gasteiger partial charge in [0, 0.05) is 0 Å². The van der Waals surface area contributed by atoms with Gasteiger partial charge in [-0.05, 0) is 11.6 Å². The number of carbonyl (C=O) groups excluding carboxylic acids is 1. The largest absolute Gasteiger partial charge is 0.412 e. The first-order chi connectivity index (χ1) is 2.27. The van der Waals surface area contributed by atoms with Gasteiger partial charge in [-0.15, -0.1) is 0 Å². The lowest BCUT2D eigenvalue weighted by Crippen LogP contribution is -1.89. The van der Waals surface area contributed by atoms with Crippen LogP contribution in [-0.2, 0) is 4.79 Å². The van der Waals surface area contributed by atoms with Crippen molar-refractivity contribution in [2.24, 2.45) is 0 Å². The summed E-state index contributed by atoms with van der Waals surface area (Å²) in [6.07, 6.45) is 0. The molecule has 5 heteroatoms. The minimum Gasteiger partial charge on any atom is -0.412 e. The van der Waals surface area contributed by atoms with Crippen LogP contribution in [0.25, 0.3) is 0 Å². The standard InChI is InChI=1S/C2H3ClO2.H3N.H2O/c3-2(5)1-4;;/h4H,1H2;1H3;1H2. The van der Waals surface area contributed by atoms with E-state index in [1.54, 1.807) is 0 Å². The molecule has 0 radical (unpaired) electrons. The van der Waals surface area contributed by atoms with E-state index in [0.29, 0.717) is 0 Å². The predicted octanol–water partition coefficient (Wildman–Crippen LogP) is -0.919. The molecule has 0 aromatic heterocycles. The number of halogens is 1. The van der Waals surface area contributed by atoms with E-state index in [2.05, 4.69) is 11.6 Å². The molecule has 0 aromatic rings. The maximum absolute atomic E-state index is 9.33. The van der Waals surface area contributed by atoms with E-state index >= 15 is 0 Å². The Labute approximate surface area is 46.0 Å². The van der Waals surface area contributed by atoms with Crippen LogP contribution >= 0.6 is 11.6 Å². The molecule has 6 N–H and O–H groups in total. The lowest BCUT2D eigenvalue weighted by molar-refractivity contribution is -0.114.